The summed E-state index contributed by atoms with van der Waals surface area (Å²) in [6.07, 6.45) is 2.08. The summed E-state index contributed by atoms with van der Waals surface area (Å²) in [5.74, 6) is 0.543. The summed E-state index contributed by atoms with van der Waals surface area (Å²) in [5, 5.41) is 16.3. The number of hydrogen-bond donors (Lipinski definition) is 1. The van der Waals surface area contributed by atoms with Crippen molar-refractivity contribution in [2.24, 2.45) is 5.41 Å². The first-order valence-corrected chi connectivity index (χ1v) is 16.1. The quantitative estimate of drug-likeness (QED) is 0.167. The Hall–Kier alpha value is -4.03. The van der Waals surface area contributed by atoms with E-state index in [0.717, 1.165) is 52.3 Å². The number of ether oxygens (including phenoxy) is 3. The van der Waals surface area contributed by atoms with Crippen molar-refractivity contribution >= 4 is 22.4 Å². The van der Waals surface area contributed by atoms with Gasteiger partial charge in [0, 0.05) is 24.3 Å². The van der Waals surface area contributed by atoms with Gasteiger partial charge >= 0.3 is 0 Å². The van der Waals surface area contributed by atoms with E-state index in [1.165, 1.54) is 11.3 Å². The van der Waals surface area contributed by atoms with E-state index in [1.54, 1.807) is 0 Å². The molecule has 3 aliphatic rings. The number of carbonyl (C=O) groups excluding carboxylic acids is 1. The van der Waals surface area contributed by atoms with E-state index in [-0.39, 0.29) is 11.8 Å². The van der Waals surface area contributed by atoms with E-state index >= 15 is 0 Å². The second kappa shape index (κ2) is 12.9. The van der Waals surface area contributed by atoms with Gasteiger partial charge < -0.3 is 19.5 Å². The Labute approximate surface area is 262 Å². The molecule has 2 bridgehead atoms. The number of anilines is 1. The van der Waals surface area contributed by atoms with Gasteiger partial charge in [-0.05, 0) is 59.7 Å². The van der Waals surface area contributed by atoms with E-state index in [0.29, 0.717) is 44.4 Å². The van der Waals surface area contributed by atoms with Gasteiger partial charge in [-0.25, -0.2) is 4.98 Å². The first kappa shape index (κ1) is 30.0. The van der Waals surface area contributed by atoms with Crippen LogP contribution in [0, 0.1) is 16.7 Å². The second-order valence-corrected chi connectivity index (χ2v) is 12.6. The smallest absolute Gasteiger partial charge is 0.233 e. The molecular weight excluding hydrogens is 570 g/mol. The highest BCUT2D eigenvalue weighted by atomic mass is 32.1. The average Bonchev–Trinajstić information content (AvgIpc) is 3.49. The fourth-order valence-corrected chi connectivity index (χ4v) is 7.48. The summed E-state index contributed by atoms with van der Waals surface area (Å²) >= 11 is 1.43. The maximum atomic E-state index is 14.1. The molecule has 1 atom stereocenters. The van der Waals surface area contributed by atoms with Crippen molar-refractivity contribution in [3.05, 3.63) is 112 Å². The monoisotopic (exact) mass is 607 g/mol. The molecule has 1 amide bonds. The molecule has 7 nitrogen and oxygen atoms in total. The van der Waals surface area contributed by atoms with Crippen molar-refractivity contribution < 1.29 is 19.0 Å². The molecular formula is C36H37N3O4S. The minimum atomic E-state index is -0.867. The zero-order valence-corrected chi connectivity index (χ0v) is 26.0. The molecule has 0 fully saturated rings. The minimum absolute atomic E-state index is 0.106. The Morgan fingerprint density at radius 1 is 0.955 bits per heavy atom. The predicted molar refractivity (Wildman–Crippen MR) is 171 cm³/mol. The third-order valence-electron chi connectivity index (χ3n) is 8.74. The molecule has 3 aliphatic carbocycles. The number of hydrogen-bond acceptors (Lipinski definition) is 7. The van der Waals surface area contributed by atoms with Crippen LogP contribution in [0.25, 0.3) is 0 Å². The lowest BCUT2D eigenvalue weighted by atomic mass is 9.47. The van der Waals surface area contributed by atoms with E-state index < -0.39 is 10.8 Å². The van der Waals surface area contributed by atoms with Gasteiger partial charge in [0.05, 0.1) is 37.0 Å². The van der Waals surface area contributed by atoms with E-state index in [2.05, 4.69) is 30.4 Å². The van der Waals surface area contributed by atoms with Crippen LogP contribution in [0.15, 0.2) is 78.2 Å². The maximum Gasteiger partial charge on any atom is 0.233 e. The predicted octanol–water partition coefficient (Wildman–Crippen LogP) is 6.86. The number of amides is 1. The normalized spacial score (nSPS) is 21.2. The number of nitrogens with zero attached hydrogens (tertiary/aromatic N) is 2. The fourth-order valence-electron chi connectivity index (χ4n) is 6.77. The number of aromatic nitrogens is 1. The summed E-state index contributed by atoms with van der Waals surface area (Å²) in [4.78, 5) is 18.8. The molecule has 0 saturated heterocycles. The minimum Gasteiger partial charge on any atom is -0.491 e. The molecule has 0 radical (unpaired) electrons. The van der Waals surface area contributed by atoms with Gasteiger partial charge in [0.2, 0.25) is 5.91 Å². The number of nitrogens with one attached hydrogen (secondary N) is 1. The lowest BCUT2D eigenvalue weighted by Crippen LogP contribution is -2.53. The van der Waals surface area contributed by atoms with Crippen molar-refractivity contribution in [3.8, 4) is 11.8 Å². The van der Waals surface area contributed by atoms with E-state index in [9.17, 15) is 10.1 Å². The lowest BCUT2D eigenvalue weighted by Gasteiger charge is -2.54. The molecule has 3 aromatic carbocycles. The van der Waals surface area contributed by atoms with Crippen LogP contribution in [-0.2, 0) is 26.1 Å². The van der Waals surface area contributed by atoms with Gasteiger partial charge in [-0.3, -0.25) is 4.79 Å². The first-order valence-electron chi connectivity index (χ1n) is 15.2. The zero-order valence-electron chi connectivity index (χ0n) is 25.2. The summed E-state index contributed by atoms with van der Waals surface area (Å²) in [5.41, 5.74) is 4.48. The number of thiazole rings is 1. The SMILES string of the molecule is CCCOCCOCCOc1ccc(Cc2csc(NC(=O)C3(C)CC4(C#N)c5ccccc5C3c3ccccc34)n2)cc1. The standard InChI is InChI=1S/C36H37N3O4S/c1-3-16-41-17-18-42-19-20-43-27-14-12-25(13-15-27)21-26-22-44-34(38-26)39-33(40)35(2)23-36(24-37)30-10-6-4-8-28(30)32(35)29-9-5-7-11-31(29)36/h4-15,22,32H,3,16-21,23H2,1-2H3,(H,38,39,40). The Morgan fingerprint density at radius 2 is 1.59 bits per heavy atom. The molecule has 44 heavy (non-hydrogen) atoms. The van der Waals surface area contributed by atoms with Crippen molar-refractivity contribution in [2.75, 3.05) is 38.4 Å². The van der Waals surface area contributed by atoms with Crippen LogP contribution in [0.5, 0.6) is 5.75 Å². The van der Waals surface area contributed by atoms with Crippen LogP contribution < -0.4 is 10.1 Å². The summed E-state index contributed by atoms with van der Waals surface area (Å²) in [6.45, 7) is 7.02. The molecule has 0 aliphatic heterocycles. The first-order chi connectivity index (χ1) is 21.5. The van der Waals surface area contributed by atoms with Crippen molar-refractivity contribution in [1.29, 1.82) is 5.26 Å². The third-order valence-corrected chi connectivity index (χ3v) is 9.55. The van der Waals surface area contributed by atoms with Gasteiger partial charge in [0.25, 0.3) is 0 Å². The average molecular weight is 608 g/mol. The lowest BCUT2D eigenvalue weighted by molar-refractivity contribution is -0.127. The Morgan fingerprint density at radius 3 is 2.25 bits per heavy atom. The van der Waals surface area contributed by atoms with E-state index in [1.807, 2.05) is 73.0 Å². The highest BCUT2D eigenvalue weighted by Gasteiger charge is 2.61. The summed E-state index contributed by atoms with van der Waals surface area (Å²) in [6, 6.07) is 26.8. The number of carbonyl (C=O) groups is 1. The highest BCUT2D eigenvalue weighted by molar-refractivity contribution is 7.13. The molecule has 7 rings (SSSR count). The molecule has 1 N–H and O–H groups in total. The molecule has 8 heteroatoms. The molecule has 1 heterocycles. The molecule has 0 saturated carbocycles. The van der Waals surface area contributed by atoms with Crippen molar-refractivity contribution in [3.63, 3.8) is 0 Å². The van der Waals surface area contributed by atoms with Crippen LogP contribution >= 0.6 is 11.3 Å². The Kier molecular flexibility index (Phi) is 8.81. The molecule has 4 aromatic rings. The molecule has 226 valence electrons. The van der Waals surface area contributed by atoms with Gasteiger partial charge in [0.1, 0.15) is 17.8 Å². The Bertz CT molecular complexity index is 1610. The molecule has 0 spiro atoms. The number of benzene rings is 3. The van der Waals surface area contributed by atoms with Gasteiger partial charge in [-0.2, -0.15) is 5.26 Å². The van der Waals surface area contributed by atoms with Crippen LogP contribution in [0.4, 0.5) is 5.13 Å². The van der Waals surface area contributed by atoms with Crippen LogP contribution in [0.1, 0.15) is 66.1 Å². The third kappa shape index (κ3) is 5.63. The number of rotatable bonds is 13. The van der Waals surface area contributed by atoms with Crippen LogP contribution in [0.2, 0.25) is 0 Å². The maximum absolute atomic E-state index is 14.1. The van der Waals surface area contributed by atoms with Gasteiger partial charge in [0.15, 0.2) is 5.13 Å². The van der Waals surface area contributed by atoms with Gasteiger partial charge in [-0.15, -0.1) is 11.3 Å². The van der Waals surface area contributed by atoms with Gasteiger partial charge in [-0.1, -0.05) is 67.6 Å². The van der Waals surface area contributed by atoms with Crippen LogP contribution in [-0.4, -0.2) is 43.9 Å². The Balaban J connectivity index is 1.09. The zero-order chi connectivity index (χ0) is 30.6. The van der Waals surface area contributed by atoms with Crippen molar-refractivity contribution in [1.82, 2.24) is 4.98 Å². The molecule has 1 aromatic heterocycles. The second-order valence-electron chi connectivity index (χ2n) is 11.7. The largest absolute Gasteiger partial charge is 0.491 e. The summed E-state index contributed by atoms with van der Waals surface area (Å²) < 4.78 is 16.7. The molecule has 1 unspecified atom stereocenters. The fraction of sp³-hybridized carbons (Fsp3) is 0.361. The van der Waals surface area contributed by atoms with Crippen LogP contribution in [0.3, 0.4) is 0 Å². The van der Waals surface area contributed by atoms with E-state index in [4.69, 9.17) is 19.2 Å². The number of fused-ring (bicyclic) bond motifs is 1. The van der Waals surface area contributed by atoms with Crippen molar-refractivity contribution in [2.45, 2.75) is 44.4 Å². The summed E-state index contributed by atoms with van der Waals surface area (Å²) in [7, 11) is 0. The number of nitriles is 1. The highest BCUT2D eigenvalue weighted by Crippen LogP contribution is 2.63. The topological polar surface area (TPSA) is 93.5 Å².